The second-order valence-electron chi connectivity index (χ2n) is 11.7. The van der Waals surface area contributed by atoms with E-state index >= 15 is 0 Å². The molecule has 2 aliphatic rings. The van der Waals surface area contributed by atoms with Crippen molar-refractivity contribution in [3.05, 3.63) is 106 Å². The van der Waals surface area contributed by atoms with Crippen molar-refractivity contribution in [1.29, 1.82) is 0 Å². The molecule has 2 atom stereocenters. The smallest absolute Gasteiger partial charge is 0.187 e. The van der Waals surface area contributed by atoms with E-state index in [1.54, 1.807) is 13.8 Å². The molecule has 0 aromatic carbocycles. The number of carbonyl (C=O) groups excluding carboxylic acids is 2. The van der Waals surface area contributed by atoms with Crippen molar-refractivity contribution in [3.63, 3.8) is 0 Å². The van der Waals surface area contributed by atoms with Gasteiger partial charge in [-0.05, 0) is 73.7 Å². The monoisotopic (exact) mass is 516 g/mol. The van der Waals surface area contributed by atoms with Crippen molar-refractivity contribution in [2.45, 2.75) is 80.4 Å². The van der Waals surface area contributed by atoms with E-state index in [9.17, 15) is 19.8 Å². The number of ketones is 2. The summed E-state index contributed by atoms with van der Waals surface area (Å²) in [6.45, 7) is 15.8. The van der Waals surface area contributed by atoms with Crippen LogP contribution in [0.3, 0.4) is 0 Å². The molecule has 204 valence electrons. The Morgan fingerprint density at radius 1 is 0.658 bits per heavy atom. The molecule has 0 aliphatic heterocycles. The minimum absolute atomic E-state index is 0.178. The van der Waals surface area contributed by atoms with Gasteiger partial charge in [-0.3, -0.25) is 9.59 Å². The van der Waals surface area contributed by atoms with Crippen molar-refractivity contribution >= 4 is 11.6 Å². The molecular formula is C34H44O4. The number of carbonyl (C=O) groups is 2. The Hall–Kier alpha value is -3.08. The quantitative estimate of drug-likeness (QED) is 0.340. The molecule has 0 saturated carbocycles. The second-order valence-corrected chi connectivity index (χ2v) is 11.7. The predicted molar refractivity (Wildman–Crippen MR) is 157 cm³/mol. The molecule has 0 spiro atoms. The molecule has 0 aromatic rings. The van der Waals surface area contributed by atoms with Gasteiger partial charge in [0.05, 0.1) is 0 Å². The molecule has 2 aliphatic carbocycles. The number of hydrogen-bond acceptors (Lipinski definition) is 4. The zero-order chi connectivity index (χ0) is 28.7. The Kier molecular flexibility index (Phi) is 10.8. The van der Waals surface area contributed by atoms with Gasteiger partial charge in [0.25, 0.3) is 0 Å². The van der Waals surface area contributed by atoms with Crippen LogP contribution in [0.2, 0.25) is 0 Å². The van der Waals surface area contributed by atoms with Crippen LogP contribution in [0.25, 0.3) is 0 Å². The van der Waals surface area contributed by atoms with Gasteiger partial charge < -0.3 is 10.2 Å². The van der Waals surface area contributed by atoms with E-state index in [1.807, 2.05) is 86.8 Å². The van der Waals surface area contributed by atoms with Crippen molar-refractivity contribution in [2.24, 2.45) is 10.8 Å². The Bertz CT molecular complexity index is 1110. The lowest BCUT2D eigenvalue weighted by Gasteiger charge is -2.34. The van der Waals surface area contributed by atoms with Gasteiger partial charge in [-0.2, -0.15) is 0 Å². The molecule has 0 unspecified atom stereocenters. The zero-order valence-electron chi connectivity index (χ0n) is 24.2. The average Bonchev–Trinajstić information content (AvgIpc) is 2.82. The second kappa shape index (κ2) is 13.1. The molecule has 0 aromatic heterocycles. The molecular weight excluding hydrogens is 472 g/mol. The maximum absolute atomic E-state index is 12.2. The molecule has 2 rings (SSSR count). The first kappa shape index (κ1) is 31.1. The van der Waals surface area contributed by atoms with Gasteiger partial charge in [0.1, 0.15) is 12.2 Å². The molecule has 4 heteroatoms. The van der Waals surface area contributed by atoms with Crippen molar-refractivity contribution < 1.29 is 19.8 Å². The number of Topliss-reactive ketones (excluding diaryl/α,β-unsaturated/α-hetero) is 2. The van der Waals surface area contributed by atoms with E-state index in [0.717, 1.165) is 22.3 Å². The van der Waals surface area contributed by atoms with Crippen LogP contribution >= 0.6 is 0 Å². The van der Waals surface area contributed by atoms with Crippen molar-refractivity contribution in [2.75, 3.05) is 0 Å². The third-order valence-corrected chi connectivity index (χ3v) is 7.32. The maximum atomic E-state index is 12.2. The first-order chi connectivity index (χ1) is 17.7. The molecule has 38 heavy (non-hydrogen) atoms. The summed E-state index contributed by atoms with van der Waals surface area (Å²) >= 11 is 0. The van der Waals surface area contributed by atoms with E-state index < -0.39 is 12.2 Å². The largest absolute Gasteiger partial charge is 0.385 e. The van der Waals surface area contributed by atoms with E-state index in [0.29, 0.717) is 24.0 Å². The summed E-state index contributed by atoms with van der Waals surface area (Å²) in [5, 5.41) is 20.0. The van der Waals surface area contributed by atoms with Gasteiger partial charge in [0, 0.05) is 0 Å². The van der Waals surface area contributed by atoms with Gasteiger partial charge >= 0.3 is 0 Å². The summed E-state index contributed by atoms with van der Waals surface area (Å²) in [7, 11) is 0. The average molecular weight is 517 g/mol. The van der Waals surface area contributed by atoms with Crippen LogP contribution < -0.4 is 0 Å². The summed E-state index contributed by atoms with van der Waals surface area (Å²) in [5.41, 5.74) is 4.88. The van der Waals surface area contributed by atoms with E-state index in [2.05, 4.69) is 27.7 Å². The third kappa shape index (κ3) is 8.21. The Labute approximate surface area is 228 Å². The number of aliphatic hydroxyl groups excluding tert-OH is 2. The van der Waals surface area contributed by atoms with E-state index in [1.165, 1.54) is 0 Å². The summed E-state index contributed by atoms with van der Waals surface area (Å²) in [6.07, 6.45) is 22.8. The lowest BCUT2D eigenvalue weighted by Crippen LogP contribution is -2.35. The van der Waals surface area contributed by atoms with Crippen LogP contribution in [0.15, 0.2) is 106 Å². The highest BCUT2D eigenvalue weighted by Gasteiger charge is 2.37. The first-order valence-corrected chi connectivity index (χ1v) is 13.3. The summed E-state index contributed by atoms with van der Waals surface area (Å²) in [6, 6.07) is 0. The van der Waals surface area contributed by atoms with Crippen LogP contribution in [0.4, 0.5) is 0 Å². The van der Waals surface area contributed by atoms with Crippen LogP contribution in [0.1, 0.15) is 68.2 Å². The maximum Gasteiger partial charge on any atom is 0.187 e. The lowest BCUT2D eigenvalue weighted by atomic mass is 9.71. The number of allylic oxidation sites excluding steroid dienone is 16. The molecule has 0 amide bonds. The first-order valence-electron chi connectivity index (χ1n) is 13.3. The fourth-order valence-electron chi connectivity index (χ4n) is 5.07. The number of aliphatic hydroxyl groups is 2. The van der Waals surface area contributed by atoms with Gasteiger partial charge in [-0.15, -0.1) is 0 Å². The standard InChI is InChI=1S/C34H44O4/c1-23(17-19-27-25(3)31(37)29(35)21-33(27,5)6)15-13-11-9-10-12-14-16-24(2)18-20-28-26(4)32(38)30(36)22-34(28,7)8/h9-20,29-30,35-36H,21-22H2,1-8H3/b10-9+,13-11+,14-12+,19-17+,20-18+,23-15+,24-16+/t29-,30-/m0/s1. The zero-order valence-corrected chi connectivity index (χ0v) is 24.2. The fourth-order valence-corrected chi connectivity index (χ4v) is 5.07. The molecule has 2 N–H and O–H groups in total. The SMILES string of the molecule is CC1=C(/C=C/C(C)=C/C=C/C=C/C=C/C=C(C)/C=C/C2=C(C)C(=O)[C@@H](O)CC2(C)C)C(C)(C)C[C@H](O)C1=O. The fraction of sp³-hybridized carbons (Fsp3) is 0.412. The van der Waals surface area contributed by atoms with E-state index in [4.69, 9.17) is 0 Å². The van der Waals surface area contributed by atoms with Gasteiger partial charge in [0.2, 0.25) is 0 Å². The lowest BCUT2D eigenvalue weighted by molar-refractivity contribution is -0.126. The van der Waals surface area contributed by atoms with Gasteiger partial charge in [0.15, 0.2) is 11.6 Å². The van der Waals surface area contributed by atoms with Crippen LogP contribution in [-0.4, -0.2) is 34.0 Å². The number of rotatable bonds is 8. The summed E-state index contributed by atoms with van der Waals surface area (Å²) in [4.78, 5) is 24.3. The normalized spacial score (nSPS) is 25.5. The molecule has 4 nitrogen and oxygen atoms in total. The molecule has 0 bridgehead atoms. The minimum Gasteiger partial charge on any atom is -0.385 e. The Morgan fingerprint density at radius 3 is 1.32 bits per heavy atom. The predicted octanol–water partition coefficient (Wildman–Crippen LogP) is 7.01. The summed E-state index contributed by atoms with van der Waals surface area (Å²) in [5.74, 6) is -0.356. The minimum atomic E-state index is -0.905. The third-order valence-electron chi connectivity index (χ3n) is 7.32. The van der Waals surface area contributed by atoms with Crippen molar-refractivity contribution in [1.82, 2.24) is 0 Å². The molecule has 0 radical (unpaired) electrons. The molecule has 0 heterocycles. The highest BCUT2D eigenvalue weighted by Crippen LogP contribution is 2.40. The Balaban J connectivity index is 1.94. The van der Waals surface area contributed by atoms with Crippen molar-refractivity contribution in [3.8, 4) is 0 Å². The highest BCUT2D eigenvalue weighted by atomic mass is 16.3. The molecule has 0 saturated heterocycles. The van der Waals surface area contributed by atoms with Crippen LogP contribution in [0.5, 0.6) is 0 Å². The van der Waals surface area contributed by atoms with Crippen LogP contribution in [-0.2, 0) is 9.59 Å². The highest BCUT2D eigenvalue weighted by molar-refractivity contribution is 6.01. The van der Waals surface area contributed by atoms with E-state index in [-0.39, 0.29) is 22.4 Å². The molecule has 0 fully saturated rings. The topological polar surface area (TPSA) is 74.6 Å². The number of hydrogen-bond donors (Lipinski definition) is 2. The van der Waals surface area contributed by atoms with Crippen LogP contribution in [0, 0.1) is 10.8 Å². The Morgan fingerprint density at radius 2 is 0.974 bits per heavy atom. The summed E-state index contributed by atoms with van der Waals surface area (Å²) < 4.78 is 0. The van der Waals surface area contributed by atoms with Gasteiger partial charge in [-0.1, -0.05) is 112 Å². The van der Waals surface area contributed by atoms with Gasteiger partial charge in [-0.25, -0.2) is 0 Å².